The number of pyridine rings is 1. The predicted octanol–water partition coefficient (Wildman–Crippen LogP) is 5.54. The quantitative estimate of drug-likeness (QED) is 0.367. The lowest BCUT2D eigenvalue weighted by atomic mass is 10.2. The van der Waals surface area contributed by atoms with Crippen molar-refractivity contribution in [3.8, 4) is 11.5 Å². The number of hydrogen-bond acceptors (Lipinski definition) is 5. The number of nitrogens with one attached hydrogen (secondary N) is 2. The van der Waals surface area contributed by atoms with Gasteiger partial charge in [0.2, 0.25) is 0 Å². The Morgan fingerprint density at radius 3 is 2.09 bits per heavy atom. The summed E-state index contributed by atoms with van der Waals surface area (Å²) in [5, 5.41) is 2.81. The molecule has 3 aromatic carbocycles. The molecular formula is C26H23N3O4S. The number of carbonyl (C=O) groups is 1. The number of amides is 1. The topological polar surface area (TPSA) is 97.4 Å². The van der Waals surface area contributed by atoms with E-state index < -0.39 is 10.0 Å². The maximum atomic E-state index is 12.8. The van der Waals surface area contributed by atoms with Crippen LogP contribution in [0.1, 0.15) is 21.5 Å². The molecule has 0 fully saturated rings. The van der Waals surface area contributed by atoms with Crippen molar-refractivity contribution in [1.29, 1.82) is 0 Å². The molecule has 0 radical (unpaired) electrons. The first-order valence-corrected chi connectivity index (χ1v) is 12.0. The smallest absolute Gasteiger partial charge is 0.262 e. The van der Waals surface area contributed by atoms with Gasteiger partial charge in [-0.25, -0.2) is 8.42 Å². The maximum Gasteiger partial charge on any atom is 0.262 e. The van der Waals surface area contributed by atoms with Gasteiger partial charge in [-0.15, -0.1) is 0 Å². The van der Waals surface area contributed by atoms with E-state index in [0.717, 1.165) is 5.56 Å². The number of aromatic nitrogens is 1. The maximum absolute atomic E-state index is 12.8. The summed E-state index contributed by atoms with van der Waals surface area (Å²) in [4.78, 5) is 16.8. The van der Waals surface area contributed by atoms with Crippen LogP contribution in [0.5, 0.6) is 11.5 Å². The fraction of sp³-hybridized carbons (Fsp3) is 0.0769. The molecule has 4 rings (SSSR count). The molecule has 0 saturated heterocycles. The van der Waals surface area contributed by atoms with Gasteiger partial charge in [-0.2, -0.15) is 0 Å². The van der Waals surface area contributed by atoms with Gasteiger partial charge in [-0.3, -0.25) is 14.5 Å². The summed E-state index contributed by atoms with van der Waals surface area (Å²) in [6, 6.07) is 22.0. The first kappa shape index (κ1) is 23.0. The van der Waals surface area contributed by atoms with E-state index in [0.29, 0.717) is 34.0 Å². The fourth-order valence-corrected chi connectivity index (χ4v) is 4.64. The van der Waals surface area contributed by atoms with E-state index >= 15 is 0 Å². The average Bonchev–Trinajstić information content (AvgIpc) is 2.82. The highest BCUT2D eigenvalue weighted by molar-refractivity contribution is 7.92. The molecule has 172 valence electrons. The van der Waals surface area contributed by atoms with Crippen molar-refractivity contribution in [1.82, 2.24) is 4.98 Å². The van der Waals surface area contributed by atoms with Crippen molar-refractivity contribution in [3.63, 3.8) is 0 Å². The van der Waals surface area contributed by atoms with Gasteiger partial charge in [0, 0.05) is 29.3 Å². The van der Waals surface area contributed by atoms with E-state index in [-0.39, 0.29) is 10.8 Å². The first-order chi connectivity index (χ1) is 16.3. The van der Waals surface area contributed by atoms with Crippen LogP contribution in [-0.2, 0) is 10.0 Å². The molecule has 0 spiro atoms. The van der Waals surface area contributed by atoms with Gasteiger partial charge in [-0.05, 0) is 91.7 Å². The van der Waals surface area contributed by atoms with Crippen LogP contribution in [0.3, 0.4) is 0 Å². The summed E-state index contributed by atoms with van der Waals surface area (Å²) in [7, 11) is -3.74. The zero-order chi connectivity index (χ0) is 24.1. The summed E-state index contributed by atoms with van der Waals surface area (Å²) < 4.78 is 33.8. The normalized spacial score (nSPS) is 11.0. The van der Waals surface area contributed by atoms with Crippen molar-refractivity contribution < 1.29 is 17.9 Å². The molecule has 0 atom stereocenters. The first-order valence-electron chi connectivity index (χ1n) is 10.5. The van der Waals surface area contributed by atoms with Crippen LogP contribution in [0.4, 0.5) is 11.4 Å². The fourth-order valence-electron chi connectivity index (χ4n) is 3.25. The minimum atomic E-state index is -3.74. The van der Waals surface area contributed by atoms with Crippen molar-refractivity contribution in [2.24, 2.45) is 0 Å². The molecule has 1 heterocycles. The number of rotatable bonds is 7. The van der Waals surface area contributed by atoms with Gasteiger partial charge < -0.3 is 10.1 Å². The SMILES string of the molecule is Cc1ccc(C)c(S(=O)(=O)Nc2ccc(C(=O)Nc3ccc(Oc4ccncc4)cc3)cc2)c1. The second-order valence-corrected chi connectivity index (χ2v) is 9.37. The predicted molar refractivity (Wildman–Crippen MR) is 132 cm³/mol. The molecule has 2 N–H and O–H groups in total. The standard InChI is InChI=1S/C26H23N3O4S/c1-18-3-4-19(2)25(17-18)34(31,32)29-22-7-5-20(6-8-22)26(30)28-21-9-11-23(12-10-21)33-24-13-15-27-16-14-24/h3-17,29H,1-2H3,(H,28,30). The number of nitrogens with zero attached hydrogens (tertiary/aromatic N) is 1. The Morgan fingerprint density at radius 1 is 0.794 bits per heavy atom. The molecule has 0 bridgehead atoms. The number of sulfonamides is 1. The van der Waals surface area contributed by atoms with Crippen molar-refractivity contribution in [2.75, 3.05) is 10.0 Å². The van der Waals surface area contributed by atoms with Gasteiger partial charge in [-0.1, -0.05) is 12.1 Å². The largest absolute Gasteiger partial charge is 0.457 e. The summed E-state index contributed by atoms with van der Waals surface area (Å²) in [5.41, 5.74) is 2.88. The highest BCUT2D eigenvalue weighted by Crippen LogP contribution is 2.23. The Labute approximate surface area is 198 Å². The Bertz CT molecular complexity index is 1400. The van der Waals surface area contributed by atoms with E-state index in [2.05, 4.69) is 15.0 Å². The number of anilines is 2. The Morgan fingerprint density at radius 2 is 1.41 bits per heavy atom. The Kier molecular flexibility index (Phi) is 6.60. The number of ether oxygens (including phenoxy) is 1. The number of carbonyl (C=O) groups excluding carboxylic acids is 1. The molecule has 4 aromatic rings. The molecule has 0 saturated carbocycles. The van der Waals surface area contributed by atoms with Crippen LogP contribution in [-0.4, -0.2) is 19.3 Å². The van der Waals surface area contributed by atoms with Gasteiger partial charge in [0.25, 0.3) is 15.9 Å². The third kappa shape index (κ3) is 5.60. The molecule has 34 heavy (non-hydrogen) atoms. The second-order valence-electron chi connectivity index (χ2n) is 7.72. The molecule has 0 aliphatic carbocycles. The van der Waals surface area contributed by atoms with Crippen LogP contribution in [0.15, 0.2) is 96.2 Å². The van der Waals surface area contributed by atoms with Crippen LogP contribution >= 0.6 is 0 Å². The van der Waals surface area contributed by atoms with Gasteiger partial charge >= 0.3 is 0 Å². The summed E-state index contributed by atoms with van der Waals surface area (Å²) in [6.07, 6.45) is 3.29. The number of benzene rings is 3. The third-order valence-corrected chi connectivity index (χ3v) is 6.55. The van der Waals surface area contributed by atoms with Gasteiger partial charge in [0.05, 0.1) is 4.90 Å². The van der Waals surface area contributed by atoms with Crippen LogP contribution < -0.4 is 14.8 Å². The summed E-state index contributed by atoms with van der Waals surface area (Å²) >= 11 is 0. The van der Waals surface area contributed by atoms with Gasteiger partial charge in [0.1, 0.15) is 11.5 Å². The van der Waals surface area contributed by atoms with Crippen LogP contribution in [0.2, 0.25) is 0 Å². The number of aryl methyl sites for hydroxylation is 2. The van der Waals surface area contributed by atoms with E-state index in [9.17, 15) is 13.2 Å². The molecule has 1 aromatic heterocycles. The Hall–Kier alpha value is -4.17. The van der Waals surface area contributed by atoms with Crippen LogP contribution in [0.25, 0.3) is 0 Å². The van der Waals surface area contributed by atoms with Crippen molar-refractivity contribution in [3.05, 3.63) is 108 Å². The Balaban J connectivity index is 1.40. The van der Waals surface area contributed by atoms with Gasteiger partial charge in [0.15, 0.2) is 0 Å². The molecule has 1 amide bonds. The van der Waals surface area contributed by atoms with E-state index in [4.69, 9.17) is 4.74 Å². The number of hydrogen-bond donors (Lipinski definition) is 2. The lowest BCUT2D eigenvalue weighted by molar-refractivity contribution is 0.102. The molecular weight excluding hydrogens is 450 g/mol. The van der Waals surface area contributed by atoms with E-state index in [1.54, 1.807) is 92.1 Å². The molecule has 8 heteroatoms. The second kappa shape index (κ2) is 9.76. The van der Waals surface area contributed by atoms with E-state index in [1.165, 1.54) is 0 Å². The zero-order valence-electron chi connectivity index (χ0n) is 18.6. The molecule has 0 aliphatic heterocycles. The lowest BCUT2D eigenvalue weighted by Crippen LogP contribution is -2.15. The third-order valence-electron chi connectivity index (χ3n) is 5.03. The highest BCUT2D eigenvalue weighted by Gasteiger charge is 2.17. The average molecular weight is 474 g/mol. The summed E-state index contributed by atoms with van der Waals surface area (Å²) in [5.74, 6) is 0.983. The van der Waals surface area contributed by atoms with Crippen molar-refractivity contribution in [2.45, 2.75) is 18.7 Å². The van der Waals surface area contributed by atoms with E-state index in [1.807, 2.05) is 13.0 Å². The van der Waals surface area contributed by atoms with Crippen LogP contribution in [0, 0.1) is 13.8 Å². The zero-order valence-corrected chi connectivity index (χ0v) is 19.5. The molecule has 0 aliphatic rings. The summed E-state index contributed by atoms with van der Waals surface area (Å²) in [6.45, 7) is 3.59. The highest BCUT2D eigenvalue weighted by atomic mass is 32.2. The van der Waals surface area contributed by atoms with Crippen molar-refractivity contribution >= 4 is 27.3 Å². The monoisotopic (exact) mass is 473 g/mol. The molecule has 7 nitrogen and oxygen atoms in total. The minimum absolute atomic E-state index is 0.227. The minimum Gasteiger partial charge on any atom is -0.457 e. The lowest BCUT2D eigenvalue weighted by Gasteiger charge is -2.12. The molecule has 0 unspecified atom stereocenters.